The molecule has 0 atom stereocenters. The van der Waals surface area contributed by atoms with Crippen molar-refractivity contribution in [3.8, 4) is 0 Å². The standard InChI is InChI=1S/C10H24N2.C2H6/c1-4-8-11-9-7-10-12(5-2)6-3;1-2/h11H,4-10H2,1-3H3;1-2H3. The average Bonchev–Trinajstić information content (AvgIpc) is 2.26. The van der Waals surface area contributed by atoms with E-state index in [9.17, 15) is 0 Å². The molecule has 88 valence electrons. The fraction of sp³-hybridized carbons (Fsp3) is 1.00. The molecule has 0 radical (unpaired) electrons. The van der Waals surface area contributed by atoms with Crippen LogP contribution >= 0.6 is 0 Å². The summed E-state index contributed by atoms with van der Waals surface area (Å²) in [7, 11) is 0. The smallest absolute Gasteiger partial charge is 0.000687 e. The molecular weight excluding hydrogens is 172 g/mol. The summed E-state index contributed by atoms with van der Waals surface area (Å²) in [6.07, 6.45) is 2.52. The lowest BCUT2D eigenvalue weighted by molar-refractivity contribution is 0.298. The van der Waals surface area contributed by atoms with Crippen molar-refractivity contribution in [1.82, 2.24) is 10.2 Å². The normalized spacial score (nSPS) is 9.86. The minimum atomic E-state index is 1.16. The first kappa shape index (κ1) is 16.4. The Balaban J connectivity index is 0. The molecule has 14 heavy (non-hydrogen) atoms. The van der Waals surface area contributed by atoms with Gasteiger partial charge in [0.25, 0.3) is 0 Å². The van der Waals surface area contributed by atoms with Gasteiger partial charge in [0.15, 0.2) is 0 Å². The largest absolute Gasteiger partial charge is 0.317 e. The third kappa shape index (κ3) is 11.9. The van der Waals surface area contributed by atoms with Gasteiger partial charge in [0.05, 0.1) is 0 Å². The molecule has 0 spiro atoms. The molecule has 0 heterocycles. The van der Waals surface area contributed by atoms with Crippen molar-refractivity contribution in [3.05, 3.63) is 0 Å². The predicted molar refractivity (Wildman–Crippen MR) is 66.9 cm³/mol. The van der Waals surface area contributed by atoms with Crippen molar-refractivity contribution in [2.45, 2.75) is 47.5 Å². The lowest BCUT2D eigenvalue weighted by Gasteiger charge is -2.17. The fourth-order valence-corrected chi connectivity index (χ4v) is 1.27. The first-order valence-electron chi connectivity index (χ1n) is 6.28. The van der Waals surface area contributed by atoms with Crippen LogP contribution in [0, 0.1) is 0 Å². The lowest BCUT2D eigenvalue weighted by atomic mass is 10.3. The summed E-state index contributed by atoms with van der Waals surface area (Å²) >= 11 is 0. The van der Waals surface area contributed by atoms with Gasteiger partial charge in [-0.2, -0.15) is 0 Å². The topological polar surface area (TPSA) is 15.3 Å². The third-order valence-corrected chi connectivity index (χ3v) is 2.15. The molecule has 0 saturated heterocycles. The fourth-order valence-electron chi connectivity index (χ4n) is 1.27. The van der Waals surface area contributed by atoms with Gasteiger partial charge >= 0.3 is 0 Å². The molecule has 0 unspecified atom stereocenters. The van der Waals surface area contributed by atoms with E-state index in [1.165, 1.54) is 39.0 Å². The van der Waals surface area contributed by atoms with Crippen LogP contribution in [0.3, 0.4) is 0 Å². The van der Waals surface area contributed by atoms with E-state index in [1.807, 2.05) is 13.8 Å². The molecule has 0 aliphatic rings. The second kappa shape index (κ2) is 15.4. The van der Waals surface area contributed by atoms with Crippen molar-refractivity contribution >= 4 is 0 Å². The molecule has 0 rings (SSSR count). The highest BCUT2D eigenvalue weighted by Gasteiger charge is 1.96. The second-order valence-corrected chi connectivity index (χ2v) is 3.13. The van der Waals surface area contributed by atoms with Gasteiger partial charge in [-0.05, 0) is 45.6 Å². The van der Waals surface area contributed by atoms with Gasteiger partial charge in [-0.1, -0.05) is 34.6 Å². The summed E-state index contributed by atoms with van der Waals surface area (Å²) in [5.41, 5.74) is 0. The van der Waals surface area contributed by atoms with E-state index in [0.717, 1.165) is 6.54 Å². The highest BCUT2D eigenvalue weighted by atomic mass is 15.1. The number of hydrogen-bond acceptors (Lipinski definition) is 2. The number of rotatable bonds is 8. The molecular formula is C12H30N2. The van der Waals surface area contributed by atoms with Crippen LogP contribution in [-0.2, 0) is 0 Å². The Morgan fingerprint density at radius 2 is 1.50 bits per heavy atom. The monoisotopic (exact) mass is 202 g/mol. The summed E-state index contributed by atoms with van der Waals surface area (Å²) in [5.74, 6) is 0. The third-order valence-electron chi connectivity index (χ3n) is 2.15. The Morgan fingerprint density at radius 1 is 0.929 bits per heavy atom. The molecule has 0 aliphatic heterocycles. The molecule has 0 fully saturated rings. The van der Waals surface area contributed by atoms with Gasteiger partial charge in [-0.25, -0.2) is 0 Å². The Kier molecular flexibility index (Phi) is 18.0. The number of hydrogen-bond donors (Lipinski definition) is 1. The molecule has 0 aromatic heterocycles. The van der Waals surface area contributed by atoms with Crippen LogP contribution in [0.25, 0.3) is 0 Å². The Labute approximate surface area is 91.1 Å². The molecule has 0 saturated carbocycles. The van der Waals surface area contributed by atoms with Gasteiger partial charge in [0, 0.05) is 0 Å². The summed E-state index contributed by atoms with van der Waals surface area (Å²) in [6.45, 7) is 16.6. The van der Waals surface area contributed by atoms with E-state index in [4.69, 9.17) is 0 Å². The maximum absolute atomic E-state index is 3.41. The van der Waals surface area contributed by atoms with Crippen LogP contribution in [0.5, 0.6) is 0 Å². The van der Waals surface area contributed by atoms with E-state index < -0.39 is 0 Å². The zero-order valence-electron chi connectivity index (χ0n) is 10.9. The first-order chi connectivity index (χ1) is 6.85. The maximum Gasteiger partial charge on any atom is -0.000687 e. The summed E-state index contributed by atoms with van der Waals surface area (Å²) in [6, 6.07) is 0. The van der Waals surface area contributed by atoms with Gasteiger partial charge in [-0.3, -0.25) is 0 Å². The van der Waals surface area contributed by atoms with Crippen LogP contribution < -0.4 is 5.32 Å². The van der Waals surface area contributed by atoms with E-state index in [2.05, 4.69) is 31.0 Å². The van der Waals surface area contributed by atoms with Gasteiger partial charge < -0.3 is 10.2 Å². The molecule has 0 aromatic rings. The maximum atomic E-state index is 3.41. The molecule has 0 aliphatic carbocycles. The average molecular weight is 202 g/mol. The van der Waals surface area contributed by atoms with Crippen molar-refractivity contribution in [1.29, 1.82) is 0 Å². The van der Waals surface area contributed by atoms with Crippen LogP contribution in [0.2, 0.25) is 0 Å². The minimum Gasteiger partial charge on any atom is -0.317 e. The van der Waals surface area contributed by atoms with Gasteiger partial charge in [0.1, 0.15) is 0 Å². The quantitative estimate of drug-likeness (QED) is 0.609. The number of nitrogens with one attached hydrogen (secondary N) is 1. The van der Waals surface area contributed by atoms with Crippen molar-refractivity contribution < 1.29 is 0 Å². The van der Waals surface area contributed by atoms with Crippen LogP contribution in [0.1, 0.15) is 47.5 Å². The van der Waals surface area contributed by atoms with E-state index in [-0.39, 0.29) is 0 Å². The summed E-state index contributed by atoms with van der Waals surface area (Å²) in [4.78, 5) is 2.47. The lowest BCUT2D eigenvalue weighted by Crippen LogP contribution is -2.27. The molecule has 1 N–H and O–H groups in total. The highest BCUT2D eigenvalue weighted by molar-refractivity contribution is 4.54. The molecule has 2 nitrogen and oxygen atoms in total. The van der Waals surface area contributed by atoms with Crippen molar-refractivity contribution in [2.75, 3.05) is 32.7 Å². The molecule has 0 amide bonds. The van der Waals surface area contributed by atoms with Gasteiger partial charge in [-0.15, -0.1) is 0 Å². The summed E-state index contributed by atoms with van der Waals surface area (Å²) < 4.78 is 0. The van der Waals surface area contributed by atoms with Crippen LogP contribution in [0.15, 0.2) is 0 Å². The first-order valence-corrected chi connectivity index (χ1v) is 6.28. The SMILES string of the molecule is CC.CCCNCCCN(CC)CC. The minimum absolute atomic E-state index is 1.16. The van der Waals surface area contributed by atoms with Crippen molar-refractivity contribution in [3.63, 3.8) is 0 Å². The van der Waals surface area contributed by atoms with Crippen molar-refractivity contribution in [2.24, 2.45) is 0 Å². The molecule has 0 aromatic carbocycles. The van der Waals surface area contributed by atoms with Gasteiger partial charge in [0.2, 0.25) is 0 Å². The van der Waals surface area contributed by atoms with Crippen LogP contribution in [0.4, 0.5) is 0 Å². The van der Waals surface area contributed by atoms with Crippen LogP contribution in [-0.4, -0.2) is 37.6 Å². The Bertz CT molecular complexity index is 80.4. The summed E-state index contributed by atoms with van der Waals surface area (Å²) in [5, 5.41) is 3.41. The predicted octanol–water partition coefficient (Wildman–Crippen LogP) is 2.74. The number of nitrogens with zero attached hydrogens (tertiary/aromatic N) is 1. The zero-order chi connectivity index (χ0) is 11.2. The molecule has 2 heteroatoms. The van der Waals surface area contributed by atoms with E-state index in [1.54, 1.807) is 0 Å². The molecule has 0 bridgehead atoms. The van der Waals surface area contributed by atoms with E-state index in [0.29, 0.717) is 0 Å². The zero-order valence-corrected chi connectivity index (χ0v) is 10.9. The highest BCUT2D eigenvalue weighted by Crippen LogP contribution is 1.88. The second-order valence-electron chi connectivity index (χ2n) is 3.13. The van der Waals surface area contributed by atoms with E-state index >= 15 is 0 Å². The Hall–Kier alpha value is -0.0800. The Morgan fingerprint density at radius 3 is 1.93 bits per heavy atom.